The van der Waals surface area contributed by atoms with Crippen LogP contribution in [0.4, 0.5) is 18.9 Å². The van der Waals surface area contributed by atoms with Crippen molar-refractivity contribution in [3.8, 4) is 5.75 Å². The summed E-state index contributed by atoms with van der Waals surface area (Å²) >= 11 is 6.12. The van der Waals surface area contributed by atoms with Gasteiger partial charge in [0.2, 0.25) is 0 Å². The summed E-state index contributed by atoms with van der Waals surface area (Å²) in [4.78, 5) is 31.1. The number of rotatable bonds is 8. The fourth-order valence-corrected chi connectivity index (χ4v) is 8.83. The van der Waals surface area contributed by atoms with Gasteiger partial charge in [-0.1, -0.05) is 55.8 Å². The van der Waals surface area contributed by atoms with Gasteiger partial charge in [-0.25, -0.2) is 4.79 Å². The summed E-state index contributed by atoms with van der Waals surface area (Å²) in [6.45, 7) is 4.88. The van der Waals surface area contributed by atoms with Crippen LogP contribution in [0.25, 0.3) is 0 Å². The van der Waals surface area contributed by atoms with E-state index in [2.05, 4.69) is 31.0 Å². The van der Waals surface area contributed by atoms with E-state index >= 15 is 0 Å². The number of pyridine rings is 1. The van der Waals surface area contributed by atoms with Gasteiger partial charge in [0.1, 0.15) is 11.3 Å². The van der Waals surface area contributed by atoms with Crippen molar-refractivity contribution in [2.24, 2.45) is 11.8 Å². The van der Waals surface area contributed by atoms with E-state index in [-0.39, 0.29) is 35.4 Å². The standard InChI is InChI=1S/C37H40ClF3N2O4/c1-23(22-47-31-13-18-42-30-12-5-7-24(2)32(30)31)19-26-20-25-8-3-4-11-29(25)35(26)14-16-36(17-15-35,34(45)46)43(33(44)37(39,40)41)28-10-6-9-27(38)21-28/h3-4,6,8-11,13,18,21,23-24,26H,5,7,12,14-17,19-20,22H2,1-2H3,(H,45,46)/t23-,24-,26?,35?,36?/m1/s1. The second kappa shape index (κ2) is 12.8. The topological polar surface area (TPSA) is 79.7 Å². The van der Waals surface area contributed by atoms with E-state index in [4.69, 9.17) is 16.3 Å². The Labute approximate surface area is 278 Å². The first-order chi connectivity index (χ1) is 22.4. The number of carbonyl (C=O) groups is 2. The first-order valence-corrected chi connectivity index (χ1v) is 16.8. The Morgan fingerprint density at radius 2 is 1.85 bits per heavy atom. The minimum atomic E-state index is -5.27. The maximum atomic E-state index is 14.0. The highest BCUT2D eigenvalue weighted by molar-refractivity contribution is 6.31. The third-order valence-corrected chi connectivity index (χ3v) is 11.1. The van der Waals surface area contributed by atoms with Crippen LogP contribution in [-0.2, 0) is 27.8 Å². The number of fused-ring (bicyclic) bond motifs is 3. The average Bonchev–Trinajstić information content (AvgIpc) is 3.32. The number of carboxylic acids is 1. The molecule has 0 bridgehead atoms. The van der Waals surface area contributed by atoms with Crippen LogP contribution in [0.3, 0.4) is 0 Å². The van der Waals surface area contributed by atoms with Crippen LogP contribution in [0.2, 0.25) is 5.02 Å². The van der Waals surface area contributed by atoms with Crippen LogP contribution in [-0.4, -0.2) is 40.3 Å². The molecule has 3 atom stereocenters. The normalized spacial score (nSPS) is 25.9. The predicted molar refractivity (Wildman–Crippen MR) is 174 cm³/mol. The van der Waals surface area contributed by atoms with Crippen molar-refractivity contribution in [3.05, 3.63) is 88.2 Å². The van der Waals surface area contributed by atoms with Crippen molar-refractivity contribution >= 4 is 29.2 Å². The highest BCUT2D eigenvalue weighted by Gasteiger charge is 2.60. The molecule has 47 heavy (non-hydrogen) atoms. The molecule has 10 heteroatoms. The summed E-state index contributed by atoms with van der Waals surface area (Å²) in [7, 11) is 0. The SMILES string of the molecule is C[C@@H](COc1ccnc2c1[C@H](C)CCC2)CC1Cc2ccccc2C12CCC(C(=O)O)(N(C(=O)C(F)(F)F)c1cccc(Cl)c1)CC2. The van der Waals surface area contributed by atoms with Gasteiger partial charge in [0.15, 0.2) is 0 Å². The summed E-state index contributed by atoms with van der Waals surface area (Å²) in [5.74, 6) is -2.09. The summed E-state index contributed by atoms with van der Waals surface area (Å²) in [6.07, 6.45) is 1.70. The molecule has 0 saturated heterocycles. The fourth-order valence-electron chi connectivity index (χ4n) is 8.65. The van der Waals surface area contributed by atoms with E-state index in [0.717, 1.165) is 49.1 Å². The van der Waals surface area contributed by atoms with E-state index < -0.39 is 29.0 Å². The van der Waals surface area contributed by atoms with Crippen molar-refractivity contribution in [3.63, 3.8) is 0 Å². The lowest BCUT2D eigenvalue weighted by atomic mass is 9.59. The Balaban J connectivity index is 1.27. The number of aryl methyl sites for hydroxylation is 1. The minimum Gasteiger partial charge on any atom is -0.493 e. The lowest BCUT2D eigenvalue weighted by Gasteiger charge is -2.50. The number of carbonyl (C=O) groups excluding carboxylic acids is 1. The van der Waals surface area contributed by atoms with Gasteiger partial charge in [-0.2, -0.15) is 13.2 Å². The van der Waals surface area contributed by atoms with Gasteiger partial charge < -0.3 is 9.84 Å². The van der Waals surface area contributed by atoms with Gasteiger partial charge in [-0.15, -0.1) is 0 Å². The molecule has 0 aliphatic heterocycles. The molecule has 1 spiro atoms. The quantitative estimate of drug-likeness (QED) is 0.260. The molecule has 1 saturated carbocycles. The zero-order chi connectivity index (χ0) is 33.6. The fraction of sp³-hybridized carbons (Fsp3) is 0.486. The Kier molecular flexibility index (Phi) is 9.07. The predicted octanol–water partition coefficient (Wildman–Crippen LogP) is 8.68. The Morgan fingerprint density at radius 3 is 2.55 bits per heavy atom. The molecule has 1 fully saturated rings. The highest BCUT2D eigenvalue weighted by atomic mass is 35.5. The van der Waals surface area contributed by atoms with Gasteiger partial charge in [-0.3, -0.25) is 14.7 Å². The second-order valence-electron chi connectivity index (χ2n) is 13.8. The summed E-state index contributed by atoms with van der Waals surface area (Å²) in [5.41, 5.74) is 1.92. The number of ether oxygens (including phenoxy) is 1. The smallest absolute Gasteiger partial charge is 0.471 e. The third kappa shape index (κ3) is 6.12. The molecule has 250 valence electrons. The van der Waals surface area contributed by atoms with Crippen molar-refractivity contribution in [2.75, 3.05) is 11.5 Å². The number of carboxylic acid groups (broad SMARTS) is 1. The van der Waals surface area contributed by atoms with Crippen LogP contribution in [0.15, 0.2) is 60.8 Å². The zero-order valence-electron chi connectivity index (χ0n) is 26.7. The van der Waals surface area contributed by atoms with Crippen LogP contribution in [0.1, 0.15) is 87.1 Å². The number of nitrogens with zero attached hydrogens (tertiary/aromatic N) is 2. The van der Waals surface area contributed by atoms with Crippen LogP contribution < -0.4 is 9.64 Å². The number of halogens is 4. The molecular formula is C37H40ClF3N2O4. The molecule has 3 aliphatic rings. The number of alkyl halides is 3. The average molecular weight is 669 g/mol. The summed E-state index contributed by atoms with van der Waals surface area (Å²) in [6, 6.07) is 15.5. The first-order valence-electron chi connectivity index (χ1n) is 16.4. The van der Waals surface area contributed by atoms with Crippen molar-refractivity contribution in [1.82, 2.24) is 4.98 Å². The number of anilines is 1. The van der Waals surface area contributed by atoms with Gasteiger partial charge in [-0.05, 0) is 116 Å². The molecule has 1 unspecified atom stereocenters. The maximum Gasteiger partial charge on any atom is 0.471 e. The van der Waals surface area contributed by atoms with Crippen molar-refractivity contribution in [1.29, 1.82) is 0 Å². The zero-order valence-corrected chi connectivity index (χ0v) is 27.4. The van der Waals surface area contributed by atoms with Crippen LogP contribution >= 0.6 is 11.6 Å². The number of hydrogen-bond acceptors (Lipinski definition) is 4. The largest absolute Gasteiger partial charge is 0.493 e. The van der Waals surface area contributed by atoms with Gasteiger partial charge in [0.25, 0.3) is 0 Å². The van der Waals surface area contributed by atoms with Gasteiger partial charge >= 0.3 is 18.1 Å². The minimum absolute atomic E-state index is 0.109. The van der Waals surface area contributed by atoms with E-state index in [9.17, 15) is 27.9 Å². The lowest BCUT2D eigenvalue weighted by molar-refractivity contribution is -0.174. The number of amides is 1. The van der Waals surface area contributed by atoms with E-state index in [1.165, 1.54) is 35.4 Å². The van der Waals surface area contributed by atoms with E-state index in [1.54, 1.807) is 0 Å². The van der Waals surface area contributed by atoms with Crippen LogP contribution in [0, 0.1) is 11.8 Å². The molecule has 2 aromatic carbocycles. The number of hydrogen-bond donors (Lipinski definition) is 1. The molecule has 1 aromatic heterocycles. The van der Waals surface area contributed by atoms with Crippen molar-refractivity contribution < 1.29 is 32.6 Å². The van der Waals surface area contributed by atoms with Crippen LogP contribution in [0.5, 0.6) is 5.75 Å². The first kappa shape index (κ1) is 33.3. The molecule has 0 radical (unpaired) electrons. The lowest BCUT2D eigenvalue weighted by Crippen LogP contribution is -2.63. The Hall–Kier alpha value is -3.59. The maximum absolute atomic E-state index is 14.0. The summed E-state index contributed by atoms with van der Waals surface area (Å²) in [5, 5.41) is 10.7. The molecule has 1 amide bonds. The van der Waals surface area contributed by atoms with Gasteiger partial charge in [0.05, 0.1) is 6.61 Å². The number of benzene rings is 2. The highest BCUT2D eigenvalue weighted by Crippen LogP contribution is 2.57. The molecule has 6 nitrogen and oxygen atoms in total. The Morgan fingerprint density at radius 1 is 1.11 bits per heavy atom. The van der Waals surface area contributed by atoms with E-state index in [0.29, 0.717) is 30.3 Å². The number of aliphatic carboxylic acids is 1. The number of aromatic nitrogens is 1. The third-order valence-electron chi connectivity index (χ3n) is 10.9. The van der Waals surface area contributed by atoms with E-state index in [1.807, 2.05) is 24.4 Å². The molecule has 6 rings (SSSR count). The van der Waals surface area contributed by atoms with Gasteiger partial charge in [0, 0.05) is 28.2 Å². The molecule has 1 heterocycles. The Bertz CT molecular complexity index is 1650. The molecule has 3 aromatic rings. The second-order valence-corrected chi connectivity index (χ2v) is 14.2. The monoisotopic (exact) mass is 668 g/mol. The summed E-state index contributed by atoms with van der Waals surface area (Å²) < 4.78 is 48.6. The molecule has 1 N–H and O–H groups in total. The van der Waals surface area contributed by atoms with Crippen molar-refractivity contribution in [2.45, 2.75) is 94.7 Å². The molecular weight excluding hydrogens is 629 g/mol. The molecule has 3 aliphatic carbocycles.